The first-order valence-corrected chi connectivity index (χ1v) is 12.1. The van der Waals surface area contributed by atoms with Crippen LogP contribution in [0.4, 0.5) is 0 Å². The van der Waals surface area contributed by atoms with E-state index in [1.54, 1.807) is 0 Å². The molecule has 0 saturated heterocycles. The van der Waals surface area contributed by atoms with Crippen LogP contribution in [0.15, 0.2) is 12.2 Å². The third-order valence-corrected chi connectivity index (χ3v) is 5.48. The largest absolute Gasteiger partial charge is 0.385 e. The first-order chi connectivity index (χ1) is 13.4. The molecule has 28 heavy (non-hydrogen) atoms. The molecular weight excluding hydrogens is 346 g/mol. The zero-order valence-corrected chi connectivity index (χ0v) is 19.8. The smallest absolute Gasteiger partial charge is 0.126 e. The van der Waals surface area contributed by atoms with Crippen molar-refractivity contribution in [2.75, 3.05) is 40.4 Å². The third-order valence-electron chi connectivity index (χ3n) is 5.48. The van der Waals surface area contributed by atoms with Gasteiger partial charge in [0.1, 0.15) is 12.6 Å². The van der Waals surface area contributed by atoms with Crippen LogP contribution in [0.2, 0.25) is 0 Å². The van der Waals surface area contributed by atoms with Gasteiger partial charge < -0.3 is 14.3 Å². The lowest BCUT2D eigenvalue weighted by Crippen LogP contribution is -2.47. The number of hydrogen-bond acceptors (Lipinski definition) is 2. The predicted molar refractivity (Wildman–Crippen MR) is 124 cm³/mol. The summed E-state index contributed by atoms with van der Waals surface area (Å²) in [6.45, 7) is 10.9. The number of unbranched alkanes of at least 4 members (excludes halogenated alkanes) is 13. The maximum Gasteiger partial charge on any atom is 0.126 e. The highest BCUT2D eigenvalue weighted by molar-refractivity contribution is 4.87. The van der Waals surface area contributed by atoms with E-state index in [0.29, 0.717) is 13.2 Å². The molecule has 0 radical (unpaired) electrons. The Morgan fingerprint density at radius 3 is 1.68 bits per heavy atom. The van der Waals surface area contributed by atoms with E-state index in [0.717, 1.165) is 23.1 Å². The van der Waals surface area contributed by atoms with E-state index >= 15 is 0 Å². The Balaban J connectivity index is 3.43. The normalized spacial score (nSPS) is 13.0. The number of aliphatic hydroxyl groups is 1. The van der Waals surface area contributed by atoms with E-state index in [1.807, 2.05) is 6.92 Å². The van der Waals surface area contributed by atoms with Crippen LogP contribution in [0, 0.1) is 0 Å². The zero-order chi connectivity index (χ0) is 21.1. The summed E-state index contributed by atoms with van der Waals surface area (Å²) in [5.41, 5.74) is 1.00. The van der Waals surface area contributed by atoms with E-state index in [2.05, 4.69) is 27.6 Å². The summed E-state index contributed by atoms with van der Waals surface area (Å²) >= 11 is 0. The molecule has 0 fully saturated rings. The molecule has 0 aromatic carbocycles. The second kappa shape index (κ2) is 18.6. The van der Waals surface area contributed by atoms with Crippen LogP contribution in [-0.4, -0.2) is 56.1 Å². The molecule has 3 nitrogen and oxygen atoms in total. The molecule has 0 aliphatic rings. The topological polar surface area (TPSA) is 29.5 Å². The van der Waals surface area contributed by atoms with Crippen LogP contribution in [0.25, 0.3) is 0 Å². The average Bonchev–Trinajstić information content (AvgIpc) is 2.61. The molecular formula is C25H52NO2+. The Labute approximate surface area is 177 Å². The summed E-state index contributed by atoms with van der Waals surface area (Å²) < 4.78 is 6.34. The second-order valence-electron chi connectivity index (χ2n) is 9.56. The summed E-state index contributed by atoms with van der Waals surface area (Å²) in [5, 5.41) is 10.1. The van der Waals surface area contributed by atoms with Gasteiger partial charge in [0.15, 0.2) is 0 Å². The van der Waals surface area contributed by atoms with Crippen LogP contribution < -0.4 is 0 Å². The Hall–Kier alpha value is -0.380. The van der Waals surface area contributed by atoms with Gasteiger partial charge in [-0.25, -0.2) is 0 Å². The minimum atomic E-state index is -0.388. The van der Waals surface area contributed by atoms with Crippen molar-refractivity contribution in [1.29, 1.82) is 0 Å². The van der Waals surface area contributed by atoms with E-state index < -0.39 is 0 Å². The molecule has 0 rings (SSSR count). The van der Waals surface area contributed by atoms with Gasteiger partial charge in [0.05, 0.1) is 33.9 Å². The van der Waals surface area contributed by atoms with Gasteiger partial charge in [0.2, 0.25) is 0 Å². The van der Waals surface area contributed by atoms with Crippen molar-refractivity contribution in [3.05, 3.63) is 12.2 Å². The van der Waals surface area contributed by atoms with Gasteiger partial charge in [-0.15, -0.1) is 0 Å². The molecule has 0 aliphatic heterocycles. The second-order valence-corrected chi connectivity index (χ2v) is 9.56. The summed E-state index contributed by atoms with van der Waals surface area (Å²) in [6, 6.07) is 0. The van der Waals surface area contributed by atoms with Gasteiger partial charge in [-0.2, -0.15) is 0 Å². The van der Waals surface area contributed by atoms with Gasteiger partial charge in [0, 0.05) is 0 Å². The van der Waals surface area contributed by atoms with Crippen LogP contribution in [0.1, 0.15) is 104 Å². The SMILES string of the molecule is C=C(C)COCC(O)C[N+](C)(C)CCCCCCCCCCCCCCCC. The lowest BCUT2D eigenvalue weighted by molar-refractivity contribution is -0.893. The monoisotopic (exact) mass is 398 g/mol. The lowest BCUT2D eigenvalue weighted by atomic mass is 10.0. The van der Waals surface area contributed by atoms with Crippen LogP contribution in [0.3, 0.4) is 0 Å². The molecule has 0 aliphatic carbocycles. The van der Waals surface area contributed by atoms with Crippen molar-refractivity contribution in [1.82, 2.24) is 0 Å². The van der Waals surface area contributed by atoms with Gasteiger partial charge in [-0.3, -0.25) is 0 Å². The fourth-order valence-corrected chi connectivity index (χ4v) is 3.82. The Bertz CT molecular complexity index is 354. The van der Waals surface area contributed by atoms with Crippen LogP contribution >= 0.6 is 0 Å². The minimum absolute atomic E-state index is 0.388. The molecule has 1 unspecified atom stereocenters. The quantitative estimate of drug-likeness (QED) is 0.136. The predicted octanol–water partition coefficient (Wildman–Crippen LogP) is 6.50. The van der Waals surface area contributed by atoms with E-state index in [9.17, 15) is 5.11 Å². The molecule has 0 amide bonds. The molecule has 0 spiro atoms. The number of ether oxygens (including phenoxy) is 1. The molecule has 168 valence electrons. The number of nitrogens with zero attached hydrogens (tertiary/aromatic N) is 1. The fraction of sp³-hybridized carbons (Fsp3) is 0.920. The molecule has 1 atom stereocenters. The number of aliphatic hydroxyl groups excluding tert-OH is 1. The number of rotatable bonds is 21. The van der Waals surface area contributed by atoms with Gasteiger partial charge >= 0.3 is 0 Å². The number of likely N-dealkylation sites (N-methyl/N-ethyl adjacent to an activating group) is 1. The maximum absolute atomic E-state index is 10.1. The zero-order valence-electron chi connectivity index (χ0n) is 19.8. The van der Waals surface area contributed by atoms with E-state index in [-0.39, 0.29) is 6.10 Å². The van der Waals surface area contributed by atoms with Gasteiger partial charge in [-0.1, -0.05) is 96.1 Å². The highest BCUT2D eigenvalue weighted by Gasteiger charge is 2.20. The van der Waals surface area contributed by atoms with E-state index in [4.69, 9.17) is 4.74 Å². The van der Waals surface area contributed by atoms with Crippen molar-refractivity contribution in [2.24, 2.45) is 0 Å². The van der Waals surface area contributed by atoms with Crippen molar-refractivity contribution in [3.8, 4) is 0 Å². The molecule has 0 aromatic rings. The Morgan fingerprint density at radius 1 is 0.821 bits per heavy atom. The van der Waals surface area contributed by atoms with Gasteiger partial charge in [-0.05, 0) is 19.8 Å². The third kappa shape index (κ3) is 20.4. The maximum atomic E-state index is 10.1. The standard InChI is InChI=1S/C25H52NO2/c1-6-7-8-9-10-11-12-13-14-15-16-17-18-19-20-26(4,5)21-25(27)23-28-22-24(2)3/h25,27H,2,6-23H2,1,3-5H3/q+1. The number of hydrogen-bond donors (Lipinski definition) is 1. The van der Waals surface area contributed by atoms with Crippen LogP contribution in [0.5, 0.6) is 0 Å². The molecule has 0 heterocycles. The molecule has 0 aromatic heterocycles. The van der Waals surface area contributed by atoms with Crippen LogP contribution in [-0.2, 0) is 4.74 Å². The average molecular weight is 399 g/mol. The summed E-state index contributed by atoms with van der Waals surface area (Å²) in [4.78, 5) is 0. The van der Waals surface area contributed by atoms with Crippen molar-refractivity contribution in [2.45, 2.75) is 110 Å². The number of quaternary nitrogens is 1. The Kier molecular flexibility index (Phi) is 18.4. The van der Waals surface area contributed by atoms with Gasteiger partial charge in [0.25, 0.3) is 0 Å². The molecule has 1 N–H and O–H groups in total. The first kappa shape index (κ1) is 27.6. The summed E-state index contributed by atoms with van der Waals surface area (Å²) in [5.74, 6) is 0. The van der Waals surface area contributed by atoms with Crippen molar-refractivity contribution in [3.63, 3.8) is 0 Å². The highest BCUT2D eigenvalue weighted by Crippen LogP contribution is 2.13. The lowest BCUT2D eigenvalue weighted by Gasteiger charge is -2.32. The summed E-state index contributed by atoms with van der Waals surface area (Å²) in [7, 11) is 4.43. The van der Waals surface area contributed by atoms with Crippen molar-refractivity contribution >= 4 is 0 Å². The highest BCUT2D eigenvalue weighted by atomic mass is 16.5. The Morgan fingerprint density at radius 2 is 1.25 bits per heavy atom. The minimum Gasteiger partial charge on any atom is -0.385 e. The fourth-order valence-electron chi connectivity index (χ4n) is 3.82. The van der Waals surface area contributed by atoms with Crippen molar-refractivity contribution < 1.29 is 14.3 Å². The summed E-state index contributed by atoms with van der Waals surface area (Å²) in [6.07, 6.45) is 19.2. The molecule has 3 heteroatoms. The first-order valence-electron chi connectivity index (χ1n) is 12.1. The molecule has 0 bridgehead atoms. The molecule has 0 saturated carbocycles. The van der Waals surface area contributed by atoms with E-state index in [1.165, 1.54) is 89.9 Å².